The second kappa shape index (κ2) is 5.41. The van der Waals surface area contributed by atoms with E-state index in [0.29, 0.717) is 0 Å². The topological polar surface area (TPSA) is 14.2 Å². The van der Waals surface area contributed by atoms with Crippen LogP contribution in [0.25, 0.3) is 16.6 Å². The van der Waals surface area contributed by atoms with Crippen LogP contribution in [-0.4, -0.2) is 11.7 Å². The molecule has 3 rings (SSSR count). The van der Waals surface area contributed by atoms with Gasteiger partial charge in [-0.1, -0.05) is 31.5 Å². The first-order chi connectivity index (χ1) is 9.83. The molecular weight excluding hydrogens is 246 g/mol. The second-order valence-electron chi connectivity index (χ2n) is 4.98. The van der Waals surface area contributed by atoms with Gasteiger partial charge in [0, 0.05) is 16.8 Å². The van der Waals surface area contributed by atoms with E-state index in [4.69, 9.17) is 4.74 Å². The Morgan fingerprint density at radius 1 is 1.00 bits per heavy atom. The van der Waals surface area contributed by atoms with E-state index in [-0.39, 0.29) is 0 Å². The summed E-state index contributed by atoms with van der Waals surface area (Å²) in [6, 6.07) is 19.1. The fraction of sp³-hybridized carbons (Fsp3) is 0.222. The lowest BCUT2D eigenvalue weighted by Crippen LogP contribution is -1.99. The van der Waals surface area contributed by atoms with Gasteiger partial charge in [-0.05, 0) is 42.8 Å². The van der Waals surface area contributed by atoms with E-state index in [0.717, 1.165) is 18.6 Å². The normalized spacial score (nSPS) is 10.9. The van der Waals surface area contributed by atoms with Crippen molar-refractivity contribution in [2.24, 2.45) is 0 Å². The van der Waals surface area contributed by atoms with Crippen molar-refractivity contribution in [3.8, 4) is 11.4 Å². The zero-order valence-corrected chi connectivity index (χ0v) is 12.0. The molecule has 0 fully saturated rings. The molecule has 20 heavy (non-hydrogen) atoms. The van der Waals surface area contributed by atoms with Crippen LogP contribution in [0.5, 0.6) is 5.75 Å². The first-order valence-corrected chi connectivity index (χ1v) is 7.07. The molecule has 2 aromatic carbocycles. The zero-order valence-electron chi connectivity index (χ0n) is 12.0. The van der Waals surface area contributed by atoms with Crippen LogP contribution in [0.2, 0.25) is 0 Å². The molecule has 0 N–H and O–H groups in total. The first-order valence-electron chi connectivity index (χ1n) is 7.07. The quantitative estimate of drug-likeness (QED) is 0.673. The summed E-state index contributed by atoms with van der Waals surface area (Å²) in [5, 5.41) is 1.30. The van der Waals surface area contributed by atoms with Gasteiger partial charge < -0.3 is 9.30 Å². The first kappa shape index (κ1) is 12.8. The summed E-state index contributed by atoms with van der Waals surface area (Å²) in [6.07, 6.45) is 2.23. The smallest absolute Gasteiger partial charge is 0.119 e. The van der Waals surface area contributed by atoms with E-state index in [2.05, 4.69) is 54.0 Å². The van der Waals surface area contributed by atoms with Gasteiger partial charge in [-0.2, -0.15) is 0 Å². The van der Waals surface area contributed by atoms with Crippen LogP contribution in [0.3, 0.4) is 0 Å². The van der Waals surface area contributed by atoms with Crippen molar-refractivity contribution in [3.63, 3.8) is 0 Å². The van der Waals surface area contributed by atoms with Crippen LogP contribution in [0.15, 0.2) is 54.6 Å². The molecule has 0 aliphatic carbocycles. The van der Waals surface area contributed by atoms with Gasteiger partial charge in [-0.25, -0.2) is 0 Å². The van der Waals surface area contributed by atoms with E-state index in [1.165, 1.54) is 22.3 Å². The lowest BCUT2D eigenvalue weighted by Gasteiger charge is -2.11. The third-order valence-corrected chi connectivity index (χ3v) is 3.62. The summed E-state index contributed by atoms with van der Waals surface area (Å²) in [5.41, 5.74) is 3.82. The molecule has 0 saturated heterocycles. The number of benzene rings is 2. The number of hydrogen-bond acceptors (Lipinski definition) is 1. The maximum absolute atomic E-state index is 5.24. The molecule has 0 atom stereocenters. The van der Waals surface area contributed by atoms with E-state index >= 15 is 0 Å². The largest absolute Gasteiger partial charge is 0.497 e. The number of ether oxygens (including phenoxy) is 1. The minimum Gasteiger partial charge on any atom is -0.497 e. The van der Waals surface area contributed by atoms with Crippen LogP contribution in [-0.2, 0) is 6.42 Å². The highest BCUT2D eigenvalue weighted by Crippen LogP contribution is 2.26. The van der Waals surface area contributed by atoms with Crippen LogP contribution in [0.1, 0.15) is 19.0 Å². The molecule has 0 spiro atoms. The van der Waals surface area contributed by atoms with Gasteiger partial charge in [0.25, 0.3) is 0 Å². The number of aryl methyl sites for hydroxylation is 1. The fourth-order valence-electron chi connectivity index (χ4n) is 2.69. The summed E-state index contributed by atoms with van der Waals surface area (Å²) in [5.74, 6) is 0.891. The number of methoxy groups -OCH3 is 1. The van der Waals surface area contributed by atoms with Gasteiger partial charge in [0.1, 0.15) is 5.75 Å². The molecule has 0 radical (unpaired) electrons. The minimum atomic E-state index is 0.891. The summed E-state index contributed by atoms with van der Waals surface area (Å²) in [6.45, 7) is 2.22. The monoisotopic (exact) mass is 265 g/mol. The van der Waals surface area contributed by atoms with Crippen molar-refractivity contribution in [1.82, 2.24) is 4.57 Å². The highest BCUT2D eigenvalue weighted by molar-refractivity contribution is 5.83. The van der Waals surface area contributed by atoms with Crippen molar-refractivity contribution in [2.75, 3.05) is 7.11 Å². The summed E-state index contributed by atoms with van der Waals surface area (Å²) >= 11 is 0. The number of fused-ring (bicyclic) bond motifs is 1. The fourth-order valence-corrected chi connectivity index (χ4v) is 2.69. The Balaban J connectivity index is 2.18. The molecule has 0 saturated carbocycles. The number of para-hydroxylation sites is 1. The maximum atomic E-state index is 5.24. The molecule has 3 aromatic rings. The Hall–Kier alpha value is -2.22. The van der Waals surface area contributed by atoms with Gasteiger partial charge in [-0.15, -0.1) is 0 Å². The predicted molar refractivity (Wildman–Crippen MR) is 83.8 cm³/mol. The van der Waals surface area contributed by atoms with Crippen LogP contribution >= 0.6 is 0 Å². The molecule has 1 heterocycles. The molecule has 0 aliphatic heterocycles. The third-order valence-electron chi connectivity index (χ3n) is 3.62. The lowest BCUT2D eigenvalue weighted by molar-refractivity contribution is 0.414. The summed E-state index contributed by atoms with van der Waals surface area (Å²) in [4.78, 5) is 0. The molecule has 102 valence electrons. The third kappa shape index (κ3) is 2.18. The number of nitrogens with zero attached hydrogens (tertiary/aromatic N) is 1. The standard InChI is InChI=1S/C18H19NO/c1-3-6-16-13-14-7-4-5-8-18(14)19(16)15-9-11-17(20-2)12-10-15/h4-5,7-13H,3,6H2,1-2H3. The van der Waals surface area contributed by atoms with E-state index in [9.17, 15) is 0 Å². The van der Waals surface area contributed by atoms with Gasteiger partial charge in [-0.3, -0.25) is 0 Å². The molecular formula is C18H19NO. The van der Waals surface area contributed by atoms with Crippen molar-refractivity contribution in [2.45, 2.75) is 19.8 Å². The molecule has 0 amide bonds. The van der Waals surface area contributed by atoms with Crippen LogP contribution in [0, 0.1) is 0 Å². The number of aromatic nitrogens is 1. The molecule has 2 nitrogen and oxygen atoms in total. The van der Waals surface area contributed by atoms with Crippen molar-refractivity contribution >= 4 is 10.9 Å². The zero-order chi connectivity index (χ0) is 13.9. The average Bonchev–Trinajstić information content (AvgIpc) is 2.86. The second-order valence-corrected chi connectivity index (χ2v) is 4.98. The predicted octanol–water partition coefficient (Wildman–Crippen LogP) is 4.59. The number of hydrogen-bond donors (Lipinski definition) is 0. The summed E-state index contributed by atoms with van der Waals surface area (Å²) in [7, 11) is 1.70. The molecule has 2 heteroatoms. The Bertz CT molecular complexity index is 710. The Kier molecular flexibility index (Phi) is 3.46. The number of rotatable bonds is 4. The van der Waals surface area contributed by atoms with E-state index < -0.39 is 0 Å². The maximum Gasteiger partial charge on any atom is 0.119 e. The molecule has 0 bridgehead atoms. The molecule has 0 aliphatic rings. The minimum absolute atomic E-state index is 0.891. The Labute approximate surface area is 119 Å². The Morgan fingerprint density at radius 3 is 2.45 bits per heavy atom. The highest BCUT2D eigenvalue weighted by atomic mass is 16.5. The Morgan fingerprint density at radius 2 is 1.75 bits per heavy atom. The van der Waals surface area contributed by atoms with Gasteiger partial charge in [0.15, 0.2) is 0 Å². The van der Waals surface area contributed by atoms with E-state index in [1.54, 1.807) is 7.11 Å². The summed E-state index contributed by atoms with van der Waals surface area (Å²) < 4.78 is 7.59. The van der Waals surface area contributed by atoms with Crippen molar-refractivity contribution in [3.05, 3.63) is 60.3 Å². The van der Waals surface area contributed by atoms with Crippen molar-refractivity contribution < 1.29 is 4.74 Å². The average molecular weight is 265 g/mol. The van der Waals surface area contributed by atoms with Gasteiger partial charge in [0.05, 0.1) is 12.6 Å². The van der Waals surface area contributed by atoms with Crippen LogP contribution < -0.4 is 4.74 Å². The lowest BCUT2D eigenvalue weighted by atomic mass is 10.2. The molecule has 0 unspecified atom stereocenters. The van der Waals surface area contributed by atoms with Crippen molar-refractivity contribution in [1.29, 1.82) is 0 Å². The van der Waals surface area contributed by atoms with Gasteiger partial charge >= 0.3 is 0 Å². The van der Waals surface area contributed by atoms with Crippen LogP contribution in [0.4, 0.5) is 0 Å². The molecule has 1 aromatic heterocycles. The highest BCUT2D eigenvalue weighted by Gasteiger charge is 2.09. The van der Waals surface area contributed by atoms with Gasteiger partial charge in [0.2, 0.25) is 0 Å². The SMILES string of the molecule is CCCc1cc2ccccc2n1-c1ccc(OC)cc1. The van der Waals surface area contributed by atoms with E-state index in [1.807, 2.05) is 12.1 Å².